The second kappa shape index (κ2) is 5.89. The molecule has 2 saturated heterocycles. The van der Waals surface area contributed by atoms with E-state index in [1.165, 1.54) is 13.0 Å². The van der Waals surface area contributed by atoms with Crippen LogP contribution < -0.4 is 5.73 Å². The first-order valence-corrected chi connectivity index (χ1v) is 7.02. The predicted octanol–water partition coefficient (Wildman–Crippen LogP) is 0.413. The molecule has 0 aliphatic carbocycles. The SMILES string of the molecule is CN(C)C(=O)N1CCC(N2CCC(CN)C2)CC1. The lowest BCUT2D eigenvalue weighted by atomic mass is 10.0. The Balaban J connectivity index is 1.78. The number of urea groups is 1. The summed E-state index contributed by atoms with van der Waals surface area (Å²) in [4.78, 5) is 18.1. The summed E-state index contributed by atoms with van der Waals surface area (Å²) in [5, 5.41) is 0. The second-order valence-electron chi connectivity index (χ2n) is 5.78. The fraction of sp³-hybridized carbons (Fsp3) is 0.923. The number of hydrogen-bond donors (Lipinski definition) is 1. The first-order valence-electron chi connectivity index (χ1n) is 7.02. The van der Waals surface area contributed by atoms with Crippen LogP contribution in [0.4, 0.5) is 4.79 Å². The Kier molecular flexibility index (Phi) is 4.45. The molecule has 2 heterocycles. The molecule has 0 bridgehead atoms. The summed E-state index contributed by atoms with van der Waals surface area (Å²) in [6.45, 7) is 4.95. The third-order valence-corrected chi connectivity index (χ3v) is 4.28. The quantitative estimate of drug-likeness (QED) is 0.777. The van der Waals surface area contributed by atoms with Gasteiger partial charge in [-0.05, 0) is 38.3 Å². The van der Waals surface area contributed by atoms with Crippen molar-refractivity contribution >= 4 is 6.03 Å². The van der Waals surface area contributed by atoms with Gasteiger partial charge in [-0.15, -0.1) is 0 Å². The number of rotatable bonds is 2. The molecular weight excluding hydrogens is 228 g/mol. The van der Waals surface area contributed by atoms with E-state index in [4.69, 9.17) is 5.73 Å². The van der Waals surface area contributed by atoms with Crippen LogP contribution >= 0.6 is 0 Å². The fourth-order valence-electron chi connectivity index (χ4n) is 3.09. The van der Waals surface area contributed by atoms with E-state index < -0.39 is 0 Å². The van der Waals surface area contributed by atoms with Crippen LogP contribution in [0.2, 0.25) is 0 Å². The molecule has 5 heteroatoms. The number of likely N-dealkylation sites (tertiary alicyclic amines) is 2. The molecule has 2 fully saturated rings. The first-order chi connectivity index (χ1) is 8.61. The van der Waals surface area contributed by atoms with Crippen LogP contribution in [0.15, 0.2) is 0 Å². The Morgan fingerprint density at radius 3 is 2.39 bits per heavy atom. The number of carbonyl (C=O) groups is 1. The molecule has 0 radical (unpaired) electrons. The smallest absolute Gasteiger partial charge is 0.319 e. The van der Waals surface area contributed by atoms with Gasteiger partial charge in [0.15, 0.2) is 0 Å². The van der Waals surface area contributed by atoms with E-state index in [9.17, 15) is 4.79 Å². The summed E-state index contributed by atoms with van der Waals surface area (Å²) in [5.74, 6) is 0.687. The van der Waals surface area contributed by atoms with Crippen LogP contribution in [0, 0.1) is 5.92 Å². The van der Waals surface area contributed by atoms with E-state index in [0.29, 0.717) is 12.0 Å². The van der Waals surface area contributed by atoms with Crippen molar-refractivity contribution in [3.8, 4) is 0 Å². The van der Waals surface area contributed by atoms with Crippen LogP contribution in [0.3, 0.4) is 0 Å². The van der Waals surface area contributed by atoms with Crippen molar-refractivity contribution in [2.45, 2.75) is 25.3 Å². The van der Waals surface area contributed by atoms with Gasteiger partial charge in [0.25, 0.3) is 0 Å². The van der Waals surface area contributed by atoms with Crippen molar-refractivity contribution in [1.82, 2.24) is 14.7 Å². The molecule has 2 aliphatic rings. The minimum absolute atomic E-state index is 0.148. The third kappa shape index (κ3) is 2.95. The Labute approximate surface area is 110 Å². The zero-order chi connectivity index (χ0) is 13.1. The van der Waals surface area contributed by atoms with E-state index in [1.54, 1.807) is 4.90 Å². The highest BCUT2D eigenvalue weighted by atomic mass is 16.2. The average molecular weight is 254 g/mol. The molecular formula is C13H26N4O. The van der Waals surface area contributed by atoms with Crippen molar-refractivity contribution in [3.05, 3.63) is 0 Å². The normalized spacial score (nSPS) is 26.6. The molecule has 5 nitrogen and oxygen atoms in total. The van der Waals surface area contributed by atoms with Crippen LogP contribution in [0.1, 0.15) is 19.3 Å². The molecule has 1 unspecified atom stereocenters. The van der Waals surface area contributed by atoms with Gasteiger partial charge in [-0.1, -0.05) is 0 Å². The maximum absolute atomic E-state index is 11.8. The molecule has 0 aromatic rings. The maximum atomic E-state index is 11.8. The monoisotopic (exact) mass is 254 g/mol. The van der Waals surface area contributed by atoms with Gasteiger partial charge in [0.05, 0.1) is 0 Å². The molecule has 2 amide bonds. The Morgan fingerprint density at radius 2 is 1.89 bits per heavy atom. The molecule has 0 aromatic heterocycles. The van der Waals surface area contributed by atoms with E-state index in [2.05, 4.69) is 4.90 Å². The molecule has 2 aliphatic heterocycles. The maximum Gasteiger partial charge on any atom is 0.319 e. The highest BCUT2D eigenvalue weighted by molar-refractivity contribution is 5.73. The second-order valence-corrected chi connectivity index (χ2v) is 5.78. The van der Waals surface area contributed by atoms with Crippen LogP contribution in [-0.4, -0.2) is 73.6 Å². The van der Waals surface area contributed by atoms with Crippen LogP contribution in [0.25, 0.3) is 0 Å². The predicted molar refractivity (Wildman–Crippen MR) is 72.4 cm³/mol. The topological polar surface area (TPSA) is 52.8 Å². The van der Waals surface area contributed by atoms with Gasteiger partial charge in [0, 0.05) is 39.8 Å². The zero-order valence-corrected chi connectivity index (χ0v) is 11.6. The summed E-state index contributed by atoms with van der Waals surface area (Å²) in [5.41, 5.74) is 5.74. The van der Waals surface area contributed by atoms with E-state index in [1.807, 2.05) is 19.0 Å². The van der Waals surface area contributed by atoms with Crippen LogP contribution in [0.5, 0.6) is 0 Å². The molecule has 1 atom stereocenters. The highest BCUT2D eigenvalue weighted by Crippen LogP contribution is 2.24. The Bertz CT molecular complexity index is 287. The molecule has 18 heavy (non-hydrogen) atoms. The largest absolute Gasteiger partial charge is 0.331 e. The lowest BCUT2D eigenvalue weighted by Gasteiger charge is -2.37. The van der Waals surface area contributed by atoms with Crippen molar-refractivity contribution in [3.63, 3.8) is 0 Å². The summed E-state index contributed by atoms with van der Waals surface area (Å²) in [7, 11) is 3.64. The summed E-state index contributed by atoms with van der Waals surface area (Å²) in [6, 6.07) is 0.808. The number of hydrogen-bond acceptors (Lipinski definition) is 3. The molecule has 0 aromatic carbocycles. The lowest BCUT2D eigenvalue weighted by molar-refractivity contribution is 0.119. The Morgan fingerprint density at radius 1 is 1.22 bits per heavy atom. The molecule has 0 saturated carbocycles. The highest BCUT2D eigenvalue weighted by Gasteiger charge is 2.31. The molecule has 0 spiro atoms. The summed E-state index contributed by atoms with van der Waals surface area (Å²) >= 11 is 0. The number of nitrogens with two attached hydrogens (primary N) is 1. The van der Waals surface area contributed by atoms with Gasteiger partial charge in [0.1, 0.15) is 0 Å². The van der Waals surface area contributed by atoms with Gasteiger partial charge >= 0.3 is 6.03 Å². The lowest BCUT2D eigenvalue weighted by Crippen LogP contribution is -2.48. The molecule has 2 rings (SSSR count). The van der Waals surface area contributed by atoms with Crippen molar-refractivity contribution in [2.24, 2.45) is 11.7 Å². The van der Waals surface area contributed by atoms with E-state index in [0.717, 1.165) is 39.0 Å². The standard InChI is InChI=1S/C13H26N4O/c1-15(2)13(18)16-7-4-12(5-8-16)17-6-3-11(9-14)10-17/h11-12H,3-10,14H2,1-2H3. The minimum atomic E-state index is 0.148. The minimum Gasteiger partial charge on any atom is -0.331 e. The number of amides is 2. The fourth-order valence-corrected chi connectivity index (χ4v) is 3.09. The van der Waals surface area contributed by atoms with E-state index >= 15 is 0 Å². The van der Waals surface area contributed by atoms with Gasteiger partial charge in [-0.2, -0.15) is 0 Å². The summed E-state index contributed by atoms with van der Waals surface area (Å²) in [6.07, 6.45) is 3.46. The Hall–Kier alpha value is -0.810. The van der Waals surface area contributed by atoms with Crippen LogP contribution in [-0.2, 0) is 0 Å². The first kappa shape index (κ1) is 13.6. The molecule has 104 valence electrons. The van der Waals surface area contributed by atoms with Gasteiger partial charge in [-0.3, -0.25) is 4.90 Å². The summed E-state index contributed by atoms with van der Waals surface area (Å²) < 4.78 is 0. The van der Waals surface area contributed by atoms with Gasteiger partial charge < -0.3 is 15.5 Å². The number of carbonyl (C=O) groups excluding carboxylic acids is 1. The van der Waals surface area contributed by atoms with Gasteiger partial charge in [-0.25, -0.2) is 4.79 Å². The van der Waals surface area contributed by atoms with E-state index in [-0.39, 0.29) is 6.03 Å². The van der Waals surface area contributed by atoms with Crippen molar-refractivity contribution < 1.29 is 4.79 Å². The number of nitrogens with zero attached hydrogens (tertiary/aromatic N) is 3. The zero-order valence-electron chi connectivity index (χ0n) is 11.6. The third-order valence-electron chi connectivity index (χ3n) is 4.28. The van der Waals surface area contributed by atoms with Crippen molar-refractivity contribution in [1.29, 1.82) is 0 Å². The number of piperidine rings is 1. The van der Waals surface area contributed by atoms with Crippen molar-refractivity contribution in [2.75, 3.05) is 46.8 Å². The van der Waals surface area contributed by atoms with Gasteiger partial charge in [0.2, 0.25) is 0 Å². The average Bonchev–Trinajstić information content (AvgIpc) is 2.86. The molecule has 2 N–H and O–H groups in total.